The number of aryl methyl sites for hydroxylation is 1. The average molecular weight is 313 g/mol. The molecule has 0 aliphatic carbocycles. The average Bonchev–Trinajstić information content (AvgIpc) is 2.79. The number of ether oxygens (including phenoxy) is 1. The van der Waals surface area contributed by atoms with Crippen molar-refractivity contribution in [3.63, 3.8) is 0 Å². The Kier molecular flexibility index (Phi) is 4.48. The van der Waals surface area contributed by atoms with Crippen LogP contribution in [0.25, 0.3) is 5.69 Å². The molecule has 1 aromatic carbocycles. The summed E-state index contributed by atoms with van der Waals surface area (Å²) in [6.45, 7) is 3.64. The lowest BCUT2D eigenvalue weighted by Crippen LogP contribution is -2.09. The van der Waals surface area contributed by atoms with Crippen LogP contribution in [0, 0.1) is 6.92 Å². The minimum absolute atomic E-state index is 0.0275. The van der Waals surface area contributed by atoms with Gasteiger partial charge in [-0.2, -0.15) is 28.2 Å². The summed E-state index contributed by atoms with van der Waals surface area (Å²) in [6, 6.07) is 4.46. The molecule has 0 saturated carbocycles. The van der Waals surface area contributed by atoms with Crippen molar-refractivity contribution < 1.29 is 22.7 Å². The second-order valence-electron chi connectivity index (χ2n) is 4.55. The highest BCUT2D eigenvalue weighted by Crippen LogP contribution is 2.29. The molecule has 2 aromatic rings. The van der Waals surface area contributed by atoms with Gasteiger partial charge in [-0.3, -0.25) is 4.79 Å². The number of alkyl halides is 3. The first-order chi connectivity index (χ1) is 10.3. The number of hydrogen-bond donors (Lipinski definition) is 0. The Labute approximate surface area is 124 Å². The number of esters is 1. The van der Waals surface area contributed by atoms with Gasteiger partial charge in [0.25, 0.3) is 0 Å². The lowest BCUT2D eigenvalue weighted by atomic mass is 10.2. The van der Waals surface area contributed by atoms with Crippen molar-refractivity contribution in [1.29, 1.82) is 0 Å². The van der Waals surface area contributed by atoms with E-state index >= 15 is 0 Å². The van der Waals surface area contributed by atoms with Crippen molar-refractivity contribution >= 4 is 5.97 Å². The highest BCUT2D eigenvalue weighted by Gasteiger charge is 2.30. The Morgan fingerprint density at radius 3 is 2.41 bits per heavy atom. The van der Waals surface area contributed by atoms with Crippen molar-refractivity contribution in [2.75, 3.05) is 6.61 Å². The van der Waals surface area contributed by atoms with Gasteiger partial charge in [-0.1, -0.05) is 0 Å². The van der Waals surface area contributed by atoms with Gasteiger partial charge in [0.1, 0.15) is 0 Å². The van der Waals surface area contributed by atoms with E-state index in [0.29, 0.717) is 17.1 Å². The van der Waals surface area contributed by atoms with Crippen molar-refractivity contribution in [3.8, 4) is 5.69 Å². The minimum Gasteiger partial charge on any atom is -0.466 e. The molecule has 118 valence electrons. The van der Waals surface area contributed by atoms with Crippen LogP contribution in [-0.4, -0.2) is 27.6 Å². The van der Waals surface area contributed by atoms with Crippen LogP contribution in [-0.2, 0) is 22.1 Å². The zero-order chi connectivity index (χ0) is 16.3. The monoisotopic (exact) mass is 313 g/mol. The molecular formula is C14H14F3N3O2. The summed E-state index contributed by atoms with van der Waals surface area (Å²) < 4.78 is 42.4. The molecule has 0 aliphatic heterocycles. The fourth-order valence-electron chi connectivity index (χ4n) is 1.82. The summed E-state index contributed by atoms with van der Waals surface area (Å²) in [5.74, 6) is -0.426. The first-order valence-corrected chi connectivity index (χ1v) is 6.57. The first kappa shape index (κ1) is 16.0. The molecule has 0 fully saturated rings. The molecule has 1 aromatic heterocycles. The fraction of sp³-hybridized carbons (Fsp3) is 0.357. The highest BCUT2D eigenvalue weighted by molar-refractivity contribution is 5.72. The Bertz CT molecular complexity index is 663. The maximum absolute atomic E-state index is 12.5. The number of rotatable bonds is 4. The van der Waals surface area contributed by atoms with Crippen LogP contribution in [0.2, 0.25) is 0 Å². The maximum atomic E-state index is 12.5. The van der Waals surface area contributed by atoms with Gasteiger partial charge >= 0.3 is 12.1 Å². The Hall–Kier alpha value is -2.38. The molecule has 0 saturated heterocycles. The largest absolute Gasteiger partial charge is 0.466 e. The maximum Gasteiger partial charge on any atom is 0.416 e. The molecule has 22 heavy (non-hydrogen) atoms. The van der Waals surface area contributed by atoms with Crippen LogP contribution in [0.15, 0.2) is 24.3 Å². The van der Waals surface area contributed by atoms with Gasteiger partial charge in [0.2, 0.25) is 0 Å². The molecule has 0 N–H and O–H groups in total. The molecule has 1 heterocycles. The lowest BCUT2D eigenvalue weighted by molar-refractivity contribution is -0.142. The summed E-state index contributed by atoms with van der Waals surface area (Å²) in [6.07, 6.45) is -4.42. The second-order valence-corrected chi connectivity index (χ2v) is 4.55. The molecule has 0 bridgehead atoms. The number of aromatic nitrogens is 3. The summed E-state index contributed by atoms with van der Waals surface area (Å²) in [7, 11) is 0. The third-order valence-electron chi connectivity index (χ3n) is 2.92. The van der Waals surface area contributed by atoms with Crippen LogP contribution in [0.4, 0.5) is 13.2 Å². The molecule has 0 unspecified atom stereocenters. The quantitative estimate of drug-likeness (QED) is 0.814. The topological polar surface area (TPSA) is 57.0 Å². The Morgan fingerprint density at radius 2 is 1.86 bits per heavy atom. The van der Waals surface area contributed by atoms with Gasteiger partial charge in [-0.25, -0.2) is 0 Å². The lowest BCUT2D eigenvalue weighted by Gasteiger charge is -2.06. The minimum atomic E-state index is -4.39. The molecule has 8 heteroatoms. The number of hydrogen-bond acceptors (Lipinski definition) is 4. The predicted molar refractivity (Wildman–Crippen MR) is 71.4 cm³/mol. The van der Waals surface area contributed by atoms with Crippen molar-refractivity contribution in [3.05, 3.63) is 41.2 Å². The number of nitrogens with zero attached hydrogens (tertiary/aromatic N) is 3. The number of carbonyl (C=O) groups excluding carboxylic acids is 1. The number of halogens is 3. The molecule has 5 nitrogen and oxygen atoms in total. The van der Waals surface area contributed by atoms with Gasteiger partial charge in [-0.15, -0.1) is 0 Å². The van der Waals surface area contributed by atoms with E-state index < -0.39 is 17.7 Å². The van der Waals surface area contributed by atoms with E-state index in [1.165, 1.54) is 16.9 Å². The first-order valence-electron chi connectivity index (χ1n) is 6.57. The molecule has 0 radical (unpaired) electrons. The zero-order valence-corrected chi connectivity index (χ0v) is 12.0. The Balaban J connectivity index is 2.21. The van der Waals surface area contributed by atoms with Gasteiger partial charge < -0.3 is 4.74 Å². The molecule has 0 atom stereocenters. The predicted octanol–water partition coefficient (Wildman–Crippen LogP) is 2.70. The van der Waals surface area contributed by atoms with Crippen molar-refractivity contribution in [2.24, 2.45) is 0 Å². The van der Waals surface area contributed by atoms with Crippen molar-refractivity contribution in [2.45, 2.75) is 26.4 Å². The standard InChI is InChI=1S/C14H14F3N3O2/c1-3-22-13(21)8-12-9(2)18-20(19-12)11-6-4-10(5-7-11)14(15,16)17/h4-7H,3,8H2,1-2H3. The molecule has 0 amide bonds. The van der Waals surface area contributed by atoms with Crippen LogP contribution < -0.4 is 0 Å². The van der Waals surface area contributed by atoms with Crippen LogP contribution in [0.5, 0.6) is 0 Å². The smallest absolute Gasteiger partial charge is 0.416 e. The van der Waals surface area contributed by atoms with Crippen LogP contribution >= 0.6 is 0 Å². The summed E-state index contributed by atoms with van der Waals surface area (Å²) >= 11 is 0. The van der Waals surface area contributed by atoms with E-state index in [2.05, 4.69) is 10.2 Å². The van der Waals surface area contributed by atoms with E-state index in [1.54, 1.807) is 13.8 Å². The van der Waals surface area contributed by atoms with E-state index in [0.717, 1.165) is 12.1 Å². The SMILES string of the molecule is CCOC(=O)Cc1nn(-c2ccc(C(F)(F)F)cc2)nc1C. The number of carbonyl (C=O) groups is 1. The third-order valence-corrected chi connectivity index (χ3v) is 2.92. The summed E-state index contributed by atoms with van der Waals surface area (Å²) in [5.41, 5.74) is 0.587. The normalized spacial score (nSPS) is 11.5. The van der Waals surface area contributed by atoms with E-state index in [4.69, 9.17) is 4.74 Å². The fourth-order valence-corrected chi connectivity index (χ4v) is 1.82. The van der Waals surface area contributed by atoms with Gasteiger partial charge in [-0.05, 0) is 38.1 Å². The Morgan fingerprint density at radius 1 is 1.23 bits per heavy atom. The van der Waals surface area contributed by atoms with Crippen LogP contribution in [0.3, 0.4) is 0 Å². The van der Waals surface area contributed by atoms with E-state index in [9.17, 15) is 18.0 Å². The molecule has 0 spiro atoms. The highest BCUT2D eigenvalue weighted by atomic mass is 19.4. The zero-order valence-electron chi connectivity index (χ0n) is 12.0. The van der Waals surface area contributed by atoms with Crippen LogP contribution in [0.1, 0.15) is 23.9 Å². The molecule has 0 aliphatic rings. The molecule has 2 rings (SSSR count). The van der Waals surface area contributed by atoms with E-state index in [-0.39, 0.29) is 13.0 Å². The van der Waals surface area contributed by atoms with E-state index in [1.807, 2.05) is 0 Å². The summed E-state index contributed by atoms with van der Waals surface area (Å²) in [4.78, 5) is 12.6. The van der Waals surface area contributed by atoms with Crippen molar-refractivity contribution in [1.82, 2.24) is 15.0 Å². The molecular weight excluding hydrogens is 299 g/mol. The van der Waals surface area contributed by atoms with Gasteiger partial charge in [0, 0.05) is 0 Å². The van der Waals surface area contributed by atoms with Gasteiger partial charge in [0.05, 0.1) is 35.7 Å². The summed E-state index contributed by atoms with van der Waals surface area (Å²) in [5, 5.41) is 8.22. The van der Waals surface area contributed by atoms with Gasteiger partial charge in [0.15, 0.2) is 0 Å². The second kappa shape index (κ2) is 6.17. The third kappa shape index (κ3) is 3.63. The number of benzene rings is 1.